The first-order valence-corrected chi connectivity index (χ1v) is 5.02. The second kappa shape index (κ2) is 2.78. The summed E-state index contributed by atoms with van der Waals surface area (Å²) in [5, 5.41) is 0. The third kappa shape index (κ3) is 1.31. The zero-order valence-corrected chi connectivity index (χ0v) is 7.71. The van der Waals surface area contributed by atoms with Crippen molar-refractivity contribution < 1.29 is 0 Å². The molecule has 11 heavy (non-hydrogen) atoms. The molecule has 2 rings (SSSR count). The Morgan fingerprint density at radius 2 is 1.73 bits per heavy atom. The monoisotopic (exact) mass is 153 g/mol. The van der Waals surface area contributed by atoms with Gasteiger partial charge in [-0.2, -0.15) is 0 Å². The zero-order valence-electron chi connectivity index (χ0n) is 7.71. The topological polar surface area (TPSA) is 3.24 Å². The van der Waals surface area contributed by atoms with Crippen LogP contribution in [0.2, 0.25) is 0 Å². The molecule has 2 fully saturated rings. The van der Waals surface area contributed by atoms with E-state index in [0.717, 1.165) is 17.8 Å². The number of hydrogen-bond donors (Lipinski definition) is 0. The van der Waals surface area contributed by atoms with E-state index in [9.17, 15) is 0 Å². The summed E-state index contributed by atoms with van der Waals surface area (Å²) in [7, 11) is 0. The van der Waals surface area contributed by atoms with Crippen LogP contribution in [0.25, 0.3) is 0 Å². The lowest BCUT2D eigenvalue weighted by atomic mass is 10.0. The zero-order chi connectivity index (χ0) is 7.84. The van der Waals surface area contributed by atoms with E-state index in [4.69, 9.17) is 0 Å². The molecule has 1 aliphatic heterocycles. The van der Waals surface area contributed by atoms with Crippen LogP contribution >= 0.6 is 0 Å². The van der Waals surface area contributed by atoms with E-state index in [1.165, 1.54) is 32.5 Å². The molecule has 64 valence electrons. The Labute approximate surface area is 69.8 Å². The fraction of sp³-hybridized carbons (Fsp3) is 1.00. The van der Waals surface area contributed by atoms with Crippen molar-refractivity contribution in [1.29, 1.82) is 0 Å². The van der Waals surface area contributed by atoms with Crippen molar-refractivity contribution in [3.05, 3.63) is 0 Å². The average molecular weight is 153 g/mol. The predicted octanol–water partition coefficient (Wildman–Crippen LogP) is 1.98. The van der Waals surface area contributed by atoms with Crippen LogP contribution in [0.15, 0.2) is 0 Å². The van der Waals surface area contributed by atoms with Crippen molar-refractivity contribution in [3.8, 4) is 0 Å². The standard InChI is InChI=1S/C10H19N/c1-3-11-6-9-4-8(2)5-10(9)7-11/h8-10H,3-7H2,1-2H3/t8?,9-,10+. The van der Waals surface area contributed by atoms with Crippen LogP contribution in [0.4, 0.5) is 0 Å². The second-order valence-electron chi connectivity index (χ2n) is 4.45. The summed E-state index contributed by atoms with van der Waals surface area (Å²) >= 11 is 0. The highest BCUT2D eigenvalue weighted by Crippen LogP contribution is 2.40. The third-order valence-corrected chi connectivity index (χ3v) is 3.51. The highest BCUT2D eigenvalue weighted by Gasteiger charge is 2.38. The van der Waals surface area contributed by atoms with Crippen LogP contribution in [-0.4, -0.2) is 24.5 Å². The number of nitrogens with zero attached hydrogens (tertiary/aromatic N) is 1. The lowest BCUT2D eigenvalue weighted by molar-refractivity contribution is 0.316. The van der Waals surface area contributed by atoms with E-state index in [2.05, 4.69) is 18.7 Å². The van der Waals surface area contributed by atoms with E-state index >= 15 is 0 Å². The molecular formula is C10H19N. The van der Waals surface area contributed by atoms with Gasteiger partial charge in [0, 0.05) is 13.1 Å². The minimum Gasteiger partial charge on any atom is -0.303 e. The predicted molar refractivity (Wildman–Crippen MR) is 47.5 cm³/mol. The average Bonchev–Trinajstić information content (AvgIpc) is 2.43. The Morgan fingerprint density at radius 1 is 1.18 bits per heavy atom. The molecule has 2 aliphatic rings. The molecule has 1 heterocycles. The quantitative estimate of drug-likeness (QED) is 0.557. The van der Waals surface area contributed by atoms with Crippen molar-refractivity contribution >= 4 is 0 Å². The Bertz CT molecular complexity index is 130. The first kappa shape index (κ1) is 7.60. The summed E-state index contributed by atoms with van der Waals surface area (Å²) in [6.45, 7) is 8.75. The highest BCUT2D eigenvalue weighted by molar-refractivity contribution is 4.90. The molecule has 0 radical (unpaired) electrons. The Balaban J connectivity index is 1.93. The smallest absolute Gasteiger partial charge is 0.00129 e. The number of rotatable bonds is 1. The Hall–Kier alpha value is -0.0400. The van der Waals surface area contributed by atoms with Crippen LogP contribution in [0, 0.1) is 17.8 Å². The van der Waals surface area contributed by atoms with Crippen LogP contribution in [0.5, 0.6) is 0 Å². The van der Waals surface area contributed by atoms with Crippen molar-refractivity contribution in [3.63, 3.8) is 0 Å². The highest BCUT2D eigenvalue weighted by atomic mass is 15.1. The normalized spacial score (nSPS) is 44.7. The Kier molecular flexibility index (Phi) is 1.92. The van der Waals surface area contributed by atoms with Crippen LogP contribution in [-0.2, 0) is 0 Å². The number of hydrogen-bond acceptors (Lipinski definition) is 1. The van der Waals surface area contributed by atoms with Gasteiger partial charge in [0.25, 0.3) is 0 Å². The van der Waals surface area contributed by atoms with Gasteiger partial charge in [-0.25, -0.2) is 0 Å². The van der Waals surface area contributed by atoms with Gasteiger partial charge in [-0.3, -0.25) is 0 Å². The Morgan fingerprint density at radius 3 is 2.18 bits per heavy atom. The number of likely N-dealkylation sites (tertiary alicyclic amines) is 1. The van der Waals surface area contributed by atoms with Crippen LogP contribution < -0.4 is 0 Å². The maximum atomic E-state index is 2.61. The van der Waals surface area contributed by atoms with E-state index in [1.807, 2.05) is 0 Å². The maximum absolute atomic E-state index is 2.61. The third-order valence-electron chi connectivity index (χ3n) is 3.51. The lowest BCUT2D eigenvalue weighted by Crippen LogP contribution is -2.21. The lowest BCUT2D eigenvalue weighted by Gasteiger charge is -2.14. The molecule has 1 nitrogen and oxygen atoms in total. The summed E-state index contributed by atoms with van der Waals surface area (Å²) < 4.78 is 0. The minimum absolute atomic E-state index is 1.02. The summed E-state index contributed by atoms with van der Waals surface area (Å²) in [5.41, 5.74) is 0. The van der Waals surface area contributed by atoms with Gasteiger partial charge in [-0.1, -0.05) is 13.8 Å². The van der Waals surface area contributed by atoms with Crippen LogP contribution in [0.3, 0.4) is 0 Å². The molecular weight excluding hydrogens is 134 g/mol. The second-order valence-corrected chi connectivity index (χ2v) is 4.45. The molecule has 3 atom stereocenters. The molecule has 1 saturated carbocycles. The number of fused-ring (bicyclic) bond motifs is 1. The fourth-order valence-corrected chi connectivity index (χ4v) is 2.96. The molecule has 0 bridgehead atoms. The molecule has 1 saturated heterocycles. The van der Waals surface area contributed by atoms with Gasteiger partial charge < -0.3 is 4.90 Å². The largest absolute Gasteiger partial charge is 0.303 e. The van der Waals surface area contributed by atoms with E-state index in [1.54, 1.807) is 0 Å². The molecule has 0 aromatic rings. The summed E-state index contributed by atoms with van der Waals surface area (Å²) in [6.07, 6.45) is 3.00. The summed E-state index contributed by atoms with van der Waals surface area (Å²) in [4.78, 5) is 2.61. The minimum atomic E-state index is 1.02. The van der Waals surface area contributed by atoms with Crippen molar-refractivity contribution in [2.45, 2.75) is 26.7 Å². The molecule has 1 aliphatic carbocycles. The molecule has 1 heteroatoms. The maximum Gasteiger partial charge on any atom is 0.00129 e. The van der Waals surface area contributed by atoms with Gasteiger partial charge in [0.05, 0.1) is 0 Å². The van der Waals surface area contributed by atoms with Gasteiger partial charge >= 0.3 is 0 Å². The summed E-state index contributed by atoms with van der Waals surface area (Å²) in [6, 6.07) is 0. The van der Waals surface area contributed by atoms with Crippen LogP contribution in [0.1, 0.15) is 26.7 Å². The van der Waals surface area contributed by atoms with Gasteiger partial charge in [-0.05, 0) is 37.1 Å². The first-order valence-electron chi connectivity index (χ1n) is 5.02. The first-order chi connectivity index (χ1) is 5.29. The molecule has 0 aromatic heterocycles. The van der Waals surface area contributed by atoms with E-state index in [0.29, 0.717) is 0 Å². The van der Waals surface area contributed by atoms with E-state index in [-0.39, 0.29) is 0 Å². The molecule has 1 unspecified atom stereocenters. The van der Waals surface area contributed by atoms with Crippen molar-refractivity contribution in [2.75, 3.05) is 19.6 Å². The van der Waals surface area contributed by atoms with Gasteiger partial charge in [0.2, 0.25) is 0 Å². The molecule has 0 spiro atoms. The van der Waals surface area contributed by atoms with Gasteiger partial charge in [0.15, 0.2) is 0 Å². The van der Waals surface area contributed by atoms with Gasteiger partial charge in [0.1, 0.15) is 0 Å². The fourth-order valence-electron chi connectivity index (χ4n) is 2.96. The SMILES string of the molecule is CCN1C[C@H]2CC(C)C[C@H]2C1. The van der Waals surface area contributed by atoms with Crippen molar-refractivity contribution in [2.24, 2.45) is 17.8 Å². The van der Waals surface area contributed by atoms with Gasteiger partial charge in [-0.15, -0.1) is 0 Å². The molecule has 0 N–H and O–H groups in total. The van der Waals surface area contributed by atoms with Crippen molar-refractivity contribution in [1.82, 2.24) is 4.90 Å². The molecule has 0 aromatic carbocycles. The molecule has 0 amide bonds. The van der Waals surface area contributed by atoms with E-state index < -0.39 is 0 Å². The summed E-state index contributed by atoms with van der Waals surface area (Å²) in [5.74, 6) is 3.14.